The van der Waals surface area contributed by atoms with Crippen LogP contribution in [0.5, 0.6) is 0 Å². The third kappa shape index (κ3) is 4.62. The van der Waals surface area contributed by atoms with Crippen LogP contribution in [0.3, 0.4) is 0 Å². The Hall–Kier alpha value is -3.51. The second-order valence-corrected chi connectivity index (χ2v) is 11.0. The Morgan fingerprint density at radius 3 is 2.45 bits per heavy atom. The van der Waals surface area contributed by atoms with Crippen molar-refractivity contribution in [2.24, 2.45) is 5.92 Å². The van der Waals surface area contributed by atoms with Gasteiger partial charge in [-0.25, -0.2) is 4.79 Å². The molecule has 38 heavy (non-hydrogen) atoms. The molecule has 0 radical (unpaired) electrons. The molecule has 0 spiro atoms. The largest absolute Gasteiger partial charge is 0.445 e. The molecule has 0 N–H and O–H groups in total. The fourth-order valence-electron chi connectivity index (χ4n) is 6.41. The highest BCUT2D eigenvalue weighted by Crippen LogP contribution is 2.53. The number of hydrogen-bond donors (Lipinski definition) is 0. The lowest BCUT2D eigenvalue weighted by molar-refractivity contribution is 0.0531. The number of likely N-dealkylation sites (tertiary alicyclic amines) is 1. The van der Waals surface area contributed by atoms with Gasteiger partial charge >= 0.3 is 6.09 Å². The number of carbonyl (C=O) groups excluding carboxylic acids is 2. The number of hydrogen-bond acceptors (Lipinski definition) is 4. The Morgan fingerprint density at radius 1 is 0.895 bits per heavy atom. The monoisotopic (exact) mass is 529 g/mol. The predicted molar refractivity (Wildman–Crippen MR) is 149 cm³/mol. The zero-order chi connectivity index (χ0) is 26.2. The molecule has 3 aromatic carbocycles. The highest BCUT2D eigenvalue weighted by atomic mass is 35.5. The second kappa shape index (κ2) is 10.3. The second-order valence-electron chi connectivity index (χ2n) is 10.5. The van der Waals surface area contributed by atoms with Crippen LogP contribution in [0.1, 0.15) is 52.4 Å². The minimum absolute atomic E-state index is 0.0217. The van der Waals surface area contributed by atoms with Crippen molar-refractivity contribution in [3.05, 3.63) is 100 Å². The van der Waals surface area contributed by atoms with Crippen molar-refractivity contribution in [2.45, 2.75) is 31.9 Å². The van der Waals surface area contributed by atoms with Gasteiger partial charge in [-0.2, -0.15) is 0 Å². The molecule has 2 aliphatic heterocycles. The highest BCUT2D eigenvalue weighted by Gasteiger charge is 2.47. The van der Waals surface area contributed by atoms with Crippen molar-refractivity contribution in [2.75, 3.05) is 37.6 Å². The number of carbonyl (C=O) groups is 2. The Kier molecular flexibility index (Phi) is 6.75. The van der Waals surface area contributed by atoms with E-state index in [9.17, 15) is 9.59 Å². The van der Waals surface area contributed by atoms with E-state index in [1.165, 1.54) is 11.1 Å². The van der Waals surface area contributed by atoms with Crippen molar-refractivity contribution in [3.8, 4) is 0 Å². The van der Waals surface area contributed by atoms with Gasteiger partial charge in [0.15, 0.2) is 0 Å². The first-order valence-corrected chi connectivity index (χ1v) is 13.8. The molecule has 2 unspecified atom stereocenters. The van der Waals surface area contributed by atoms with E-state index >= 15 is 0 Å². The molecule has 2 amide bonds. The van der Waals surface area contributed by atoms with E-state index in [1.54, 1.807) is 12.1 Å². The molecule has 2 heterocycles. The molecule has 2 fully saturated rings. The number of anilines is 1. The zero-order valence-electron chi connectivity index (χ0n) is 21.6. The van der Waals surface area contributed by atoms with Gasteiger partial charge < -0.3 is 19.4 Å². The van der Waals surface area contributed by atoms with E-state index in [-0.39, 0.29) is 24.6 Å². The van der Waals surface area contributed by atoms with Gasteiger partial charge in [0.05, 0.1) is 6.04 Å². The van der Waals surface area contributed by atoms with Gasteiger partial charge in [0.1, 0.15) is 6.61 Å². The number of halogens is 1. The molecule has 0 aromatic heterocycles. The quantitative estimate of drug-likeness (QED) is 0.408. The lowest BCUT2D eigenvalue weighted by atomic mass is 9.86. The number of nitrogens with zero attached hydrogens (tertiary/aromatic N) is 3. The van der Waals surface area contributed by atoms with Crippen LogP contribution in [-0.4, -0.2) is 54.5 Å². The molecule has 1 aliphatic carbocycles. The summed E-state index contributed by atoms with van der Waals surface area (Å²) in [6, 6.07) is 23.7. The van der Waals surface area contributed by atoms with Gasteiger partial charge in [0, 0.05) is 49.0 Å². The average molecular weight is 530 g/mol. The summed E-state index contributed by atoms with van der Waals surface area (Å²) in [5.74, 6) is 0.841. The number of fused-ring (bicyclic) bond motifs is 5. The number of ether oxygens (including phenoxy) is 1. The lowest BCUT2D eigenvalue weighted by Crippen LogP contribution is -2.48. The first kappa shape index (κ1) is 24.8. The Morgan fingerprint density at radius 2 is 1.68 bits per heavy atom. The van der Waals surface area contributed by atoms with Gasteiger partial charge in [0.25, 0.3) is 5.91 Å². The lowest BCUT2D eigenvalue weighted by Gasteiger charge is -2.38. The standard InChI is InChI=1S/C31H32ClN3O3/c1-21-26-12-13-35(31(37)38-20-22-6-3-2-4-7-22)29(21)28-19-25(10-11-27(26)28)33-14-16-34(17-15-33)30(36)23-8-5-9-24(32)18-23/h2-11,18-19,21,26,29H,12-17,20H2,1H3/t21-,26?,29?/m0/s1. The van der Waals surface area contributed by atoms with Crippen molar-refractivity contribution in [1.82, 2.24) is 9.80 Å². The smallest absolute Gasteiger partial charge is 0.410 e. The summed E-state index contributed by atoms with van der Waals surface area (Å²) in [6.07, 6.45) is 0.713. The Bertz CT molecular complexity index is 1340. The van der Waals surface area contributed by atoms with Crippen LogP contribution in [-0.2, 0) is 11.3 Å². The maximum atomic E-state index is 13.2. The van der Waals surface area contributed by atoms with E-state index in [2.05, 4.69) is 30.0 Å². The van der Waals surface area contributed by atoms with Crippen LogP contribution in [0.2, 0.25) is 5.02 Å². The summed E-state index contributed by atoms with van der Waals surface area (Å²) in [4.78, 5) is 32.3. The Labute approximate surface area is 228 Å². The van der Waals surface area contributed by atoms with Crippen LogP contribution < -0.4 is 4.90 Å². The molecule has 6 rings (SSSR count). The van der Waals surface area contributed by atoms with Crippen LogP contribution in [0.4, 0.5) is 10.5 Å². The Balaban J connectivity index is 1.15. The van der Waals surface area contributed by atoms with Crippen molar-refractivity contribution >= 4 is 29.3 Å². The summed E-state index contributed by atoms with van der Waals surface area (Å²) in [5.41, 5.74) is 5.37. The highest BCUT2D eigenvalue weighted by molar-refractivity contribution is 6.30. The molecular formula is C31H32ClN3O3. The van der Waals surface area contributed by atoms with Crippen LogP contribution in [0, 0.1) is 5.92 Å². The van der Waals surface area contributed by atoms with Gasteiger partial charge in [-0.3, -0.25) is 4.79 Å². The summed E-state index contributed by atoms with van der Waals surface area (Å²) in [6.45, 7) is 6.08. The maximum absolute atomic E-state index is 13.2. The van der Waals surface area contributed by atoms with Crippen molar-refractivity contribution in [1.29, 1.82) is 0 Å². The van der Waals surface area contributed by atoms with Crippen molar-refractivity contribution < 1.29 is 14.3 Å². The fraction of sp³-hybridized carbons (Fsp3) is 0.355. The van der Waals surface area contributed by atoms with Gasteiger partial charge in [-0.05, 0) is 65.3 Å². The molecule has 3 aromatic rings. The minimum atomic E-state index is -0.240. The predicted octanol–water partition coefficient (Wildman–Crippen LogP) is 6.12. The molecule has 2 bridgehead atoms. The molecular weight excluding hydrogens is 498 g/mol. The molecule has 196 valence electrons. The van der Waals surface area contributed by atoms with Crippen molar-refractivity contribution in [3.63, 3.8) is 0 Å². The number of amides is 2. The topological polar surface area (TPSA) is 53.1 Å². The van der Waals surface area contributed by atoms with Crippen LogP contribution >= 0.6 is 11.6 Å². The van der Waals surface area contributed by atoms with E-state index in [0.717, 1.165) is 30.8 Å². The number of benzene rings is 3. The first-order chi connectivity index (χ1) is 18.5. The fourth-order valence-corrected chi connectivity index (χ4v) is 6.60. The van der Waals surface area contributed by atoms with E-state index in [1.807, 2.05) is 52.3 Å². The minimum Gasteiger partial charge on any atom is -0.445 e. The summed E-state index contributed by atoms with van der Waals surface area (Å²) >= 11 is 6.09. The normalized spacial score (nSPS) is 22.3. The first-order valence-electron chi connectivity index (χ1n) is 13.4. The maximum Gasteiger partial charge on any atom is 0.410 e. The number of piperidine rings is 1. The zero-order valence-corrected chi connectivity index (χ0v) is 22.3. The van der Waals surface area contributed by atoms with Gasteiger partial charge in [0.2, 0.25) is 0 Å². The molecule has 7 heteroatoms. The van der Waals surface area contributed by atoms with Crippen LogP contribution in [0.25, 0.3) is 0 Å². The van der Waals surface area contributed by atoms with Crippen LogP contribution in [0.15, 0.2) is 72.8 Å². The molecule has 3 aliphatic rings. The molecule has 3 atom stereocenters. The SMILES string of the molecule is C[C@H]1C2CCN(C(=O)OCc3ccccc3)C1c1cc(N3CCN(C(=O)c4cccc(Cl)c4)CC3)ccc12. The molecule has 0 saturated carbocycles. The third-order valence-electron chi connectivity index (χ3n) is 8.38. The van der Waals surface area contributed by atoms with E-state index < -0.39 is 0 Å². The molecule has 2 saturated heterocycles. The van der Waals surface area contributed by atoms with Gasteiger partial charge in [-0.15, -0.1) is 0 Å². The average Bonchev–Trinajstić information content (AvgIpc) is 3.11. The molecule has 6 nitrogen and oxygen atoms in total. The van der Waals surface area contributed by atoms with Gasteiger partial charge in [-0.1, -0.05) is 61.0 Å². The summed E-state index contributed by atoms with van der Waals surface area (Å²) < 4.78 is 5.74. The van der Waals surface area contributed by atoms with E-state index in [0.29, 0.717) is 42.1 Å². The summed E-state index contributed by atoms with van der Waals surface area (Å²) in [5, 5.41) is 0.574. The number of rotatable bonds is 4. The third-order valence-corrected chi connectivity index (χ3v) is 8.62. The van der Waals surface area contributed by atoms with E-state index in [4.69, 9.17) is 16.3 Å². The number of piperazine rings is 1. The summed E-state index contributed by atoms with van der Waals surface area (Å²) in [7, 11) is 0.